The molecule has 1 rings (SSSR count). The van der Waals surface area contributed by atoms with E-state index in [9.17, 15) is 0 Å². The molecule has 0 radical (unpaired) electrons. The van der Waals surface area contributed by atoms with Gasteiger partial charge in [0.2, 0.25) is 0 Å². The molecule has 3 heteroatoms. The smallest absolute Gasteiger partial charge is 0.0642 e. The monoisotopic (exact) mass is 163 g/mol. The van der Waals surface area contributed by atoms with Gasteiger partial charge in [-0.25, -0.2) is 0 Å². The van der Waals surface area contributed by atoms with Crippen LogP contribution in [0.4, 0.5) is 0 Å². The van der Waals surface area contributed by atoms with Crippen molar-refractivity contribution in [3.63, 3.8) is 0 Å². The Morgan fingerprint density at radius 3 is 2.75 bits per heavy atom. The first kappa shape index (κ1) is 8.82. The minimum absolute atomic E-state index is 0.177. The fourth-order valence-corrected chi connectivity index (χ4v) is 1.34. The summed E-state index contributed by atoms with van der Waals surface area (Å²) < 4.78 is 0. The highest BCUT2D eigenvalue weighted by Gasteiger charge is 2.10. The Morgan fingerprint density at radius 2 is 2.33 bits per heavy atom. The third kappa shape index (κ3) is 1.66. The summed E-state index contributed by atoms with van der Waals surface area (Å²) in [7, 11) is 0. The van der Waals surface area contributed by atoms with E-state index < -0.39 is 0 Å². The van der Waals surface area contributed by atoms with Gasteiger partial charge >= 0.3 is 0 Å². The largest absolute Gasteiger partial charge is 0.361 e. The van der Waals surface area contributed by atoms with Gasteiger partial charge in [0.1, 0.15) is 0 Å². The molecule has 1 atom stereocenters. The zero-order valence-corrected chi connectivity index (χ0v) is 7.39. The van der Waals surface area contributed by atoms with Gasteiger partial charge in [0, 0.05) is 11.4 Å². The number of nitriles is 1. The summed E-state index contributed by atoms with van der Waals surface area (Å²) in [6.45, 7) is 3.98. The Hall–Kier alpha value is -1.27. The van der Waals surface area contributed by atoms with Crippen molar-refractivity contribution in [1.82, 2.24) is 4.98 Å². The first-order valence-corrected chi connectivity index (χ1v) is 3.93. The Kier molecular flexibility index (Phi) is 2.51. The topological polar surface area (TPSA) is 65.6 Å². The van der Waals surface area contributed by atoms with Crippen molar-refractivity contribution in [3.8, 4) is 6.07 Å². The molecule has 0 aromatic carbocycles. The average Bonchev–Trinajstić information content (AvgIpc) is 2.30. The van der Waals surface area contributed by atoms with Gasteiger partial charge in [0.25, 0.3) is 0 Å². The van der Waals surface area contributed by atoms with Crippen molar-refractivity contribution >= 4 is 0 Å². The molecule has 0 spiro atoms. The summed E-state index contributed by atoms with van der Waals surface area (Å²) in [4.78, 5) is 3.15. The molecule has 12 heavy (non-hydrogen) atoms. The lowest BCUT2D eigenvalue weighted by atomic mass is 10.1. The molecule has 0 saturated heterocycles. The summed E-state index contributed by atoms with van der Waals surface area (Å²) in [5.74, 6) is 0. The molecular weight excluding hydrogens is 150 g/mol. The maximum absolute atomic E-state index is 8.45. The van der Waals surface area contributed by atoms with Crippen LogP contribution in [0.1, 0.15) is 29.4 Å². The quantitative estimate of drug-likeness (QED) is 0.694. The van der Waals surface area contributed by atoms with Crippen LogP contribution in [-0.4, -0.2) is 4.98 Å². The van der Waals surface area contributed by atoms with Crippen LogP contribution < -0.4 is 5.73 Å². The molecule has 1 unspecified atom stereocenters. The highest BCUT2D eigenvalue weighted by Crippen LogP contribution is 2.17. The zero-order chi connectivity index (χ0) is 9.14. The molecule has 1 aromatic rings. The number of H-pyrrole nitrogens is 1. The van der Waals surface area contributed by atoms with Crippen LogP contribution >= 0.6 is 0 Å². The Morgan fingerprint density at radius 1 is 1.67 bits per heavy atom. The first-order chi connectivity index (χ1) is 5.65. The minimum Gasteiger partial charge on any atom is -0.361 e. The van der Waals surface area contributed by atoms with E-state index in [0.29, 0.717) is 6.42 Å². The molecule has 0 amide bonds. The van der Waals surface area contributed by atoms with E-state index >= 15 is 0 Å². The molecule has 1 aromatic heterocycles. The molecule has 0 aliphatic carbocycles. The van der Waals surface area contributed by atoms with Crippen molar-refractivity contribution in [3.05, 3.63) is 23.0 Å². The molecule has 64 valence electrons. The van der Waals surface area contributed by atoms with Crippen molar-refractivity contribution in [2.75, 3.05) is 0 Å². The van der Waals surface area contributed by atoms with Gasteiger partial charge in [-0.15, -0.1) is 0 Å². The van der Waals surface area contributed by atoms with Crippen LogP contribution in [0.25, 0.3) is 0 Å². The standard InChI is InChI=1S/C9H13N3/c1-6-5-7(2)12-9(6)8(11)3-4-10/h5,8,12H,3,11H2,1-2H3. The van der Waals surface area contributed by atoms with Gasteiger partial charge in [0.15, 0.2) is 0 Å². The summed E-state index contributed by atoms with van der Waals surface area (Å²) in [5.41, 5.74) is 8.97. The number of hydrogen-bond acceptors (Lipinski definition) is 2. The van der Waals surface area contributed by atoms with Crippen molar-refractivity contribution < 1.29 is 0 Å². The number of rotatable bonds is 2. The SMILES string of the molecule is Cc1cc(C)c(C(N)CC#N)[nH]1. The normalized spacial score (nSPS) is 12.5. The Balaban J connectivity index is 2.88. The summed E-state index contributed by atoms with van der Waals surface area (Å²) in [6.07, 6.45) is 0.362. The molecule has 0 aliphatic heterocycles. The first-order valence-electron chi connectivity index (χ1n) is 3.93. The molecule has 1 heterocycles. The molecule has 3 N–H and O–H groups in total. The molecule has 0 fully saturated rings. The highest BCUT2D eigenvalue weighted by atomic mass is 14.8. The summed E-state index contributed by atoms with van der Waals surface area (Å²) in [6, 6.07) is 3.91. The summed E-state index contributed by atoms with van der Waals surface area (Å²) in [5, 5.41) is 8.45. The predicted octanol–water partition coefficient (Wildman–Crippen LogP) is 1.55. The lowest BCUT2D eigenvalue weighted by molar-refractivity contribution is 0.718. The number of aryl methyl sites for hydroxylation is 2. The molecule has 0 bridgehead atoms. The van der Waals surface area contributed by atoms with Crippen molar-refractivity contribution in [2.24, 2.45) is 5.73 Å². The second-order valence-electron chi connectivity index (χ2n) is 3.02. The maximum atomic E-state index is 8.45. The Labute approximate surface area is 72.2 Å². The number of nitrogens with zero attached hydrogens (tertiary/aromatic N) is 1. The average molecular weight is 163 g/mol. The van der Waals surface area contributed by atoms with E-state index in [-0.39, 0.29) is 6.04 Å². The van der Waals surface area contributed by atoms with Crippen LogP contribution in [0.2, 0.25) is 0 Å². The molecule has 0 aliphatic rings. The van der Waals surface area contributed by atoms with Crippen LogP contribution in [-0.2, 0) is 0 Å². The van der Waals surface area contributed by atoms with Gasteiger partial charge in [-0.1, -0.05) is 0 Å². The number of aromatic nitrogens is 1. The second-order valence-corrected chi connectivity index (χ2v) is 3.02. The van der Waals surface area contributed by atoms with E-state index in [1.807, 2.05) is 19.9 Å². The lowest BCUT2D eigenvalue weighted by Gasteiger charge is -2.05. The van der Waals surface area contributed by atoms with Crippen LogP contribution in [0.3, 0.4) is 0 Å². The van der Waals surface area contributed by atoms with E-state index in [0.717, 1.165) is 17.0 Å². The zero-order valence-electron chi connectivity index (χ0n) is 7.39. The van der Waals surface area contributed by atoms with E-state index in [2.05, 4.69) is 11.1 Å². The third-order valence-electron chi connectivity index (χ3n) is 1.87. The molecule has 0 saturated carbocycles. The van der Waals surface area contributed by atoms with Gasteiger partial charge in [-0.3, -0.25) is 0 Å². The number of aromatic amines is 1. The highest BCUT2D eigenvalue weighted by molar-refractivity contribution is 5.26. The Bertz CT molecular complexity index is 306. The fourth-order valence-electron chi connectivity index (χ4n) is 1.34. The number of hydrogen-bond donors (Lipinski definition) is 2. The molecular formula is C9H13N3. The van der Waals surface area contributed by atoms with Gasteiger partial charge in [-0.2, -0.15) is 5.26 Å². The summed E-state index contributed by atoms with van der Waals surface area (Å²) >= 11 is 0. The van der Waals surface area contributed by atoms with Crippen LogP contribution in [0.5, 0.6) is 0 Å². The lowest BCUT2D eigenvalue weighted by Crippen LogP contribution is -2.10. The van der Waals surface area contributed by atoms with Gasteiger partial charge < -0.3 is 10.7 Å². The predicted molar refractivity (Wildman–Crippen MR) is 47.4 cm³/mol. The van der Waals surface area contributed by atoms with E-state index in [4.69, 9.17) is 11.0 Å². The molecule has 3 nitrogen and oxygen atoms in total. The number of nitrogens with one attached hydrogen (secondary N) is 1. The van der Waals surface area contributed by atoms with Gasteiger partial charge in [-0.05, 0) is 25.5 Å². The third-order valence-corrected chi connectivity index (χ3v) is 1.87. The van der Waals surface area contributed by atoms with Gasteiger partial charge in [0.05, 0.1) is 18.5 Å². The maximum Gasteiger partial charge on any atom is 0.0642 e. The number of nitrogens with two attached hydrogens (primary N) is 1. The van der Waals surface area contributed by atoms with Crippen LogP contribution in [0, 0.1) is 25.2 Å². The van der Waals surface area contributed by atoms with Crippen LogP contribution in [0.15, 0.2) is 6.07 Å². The minimum atomic E-state index is -0.177. The van der Waals surface area contributed by atoms with Crippen molar-refractivity contribution in [2.45, 2.75) is 26.3 Å². The van der Waals surface area contributed by atoms with E-state index in [1.165, 1.54) is 0 Å². The second kappa shape index (κ2) is 3.42. The van der Waals surface area contributed by atoms with E-state index in [1.54, 1.807) is 0 Å². The van der Waals surface area contributed by atoms with Crippen molar-refractivity contribution in [1.29, 1.82) is 5.26 Å². The fraction of sp³-hybridized carbons (Fsp3) is 0.444.